The molecule has 0 unspecified atom stereocenters. The Hall–Kier alpha value is -0.950. The van der Waals surface area contributed by atoms with E-state index in [1.54, 1.807) is 6.92 Å². The topological polar surface area (TPSA) is 76.1 Å². The van der Waals surface area contributed by atoms with Crippen LogP contribution < -0.4 is 5.32 Å². The van der Waals surface area contributed by atoms with Gasteiger partial charge in [0.05, 0.1) is 11.9 Å². The third-order valence-electron chi connectivity index (χ3n) is 6.07. The van der Waals surface area contributed by atoms with Crippen LogP contribution in [0.1, 0.15) is 68.5 Å². The lowest BCUT2D eigenvalue weighted by Gasteiger charge is -2.52. The number of aromatic nitrogens is 1. The number of fused-ring (bicyclic) bond motifs is 3. The molecule has 24 heavy (non-hydrogen) atoms. The minimum atomic E-state index is -3.34. The van der Waals surface area contributed by atoms with E-state index in [9.17, 15) is 13.2 Å². The van der Waals surface area contributed by atoms with Crippen LogP contribution in [0.2, 0.25) is 0 Å². The molecule has 0 aliphatic heterocycles. The first-order valence-corrected chi connectivity index (χ1v) is 11.2. The monoisotopic (exact) mass is 370 g/mol. The van der Waals surface area contributed by atoms with Gasteiger partial charge in [0.1, 0.15) is 4.88 Å². The third-order valence-corrected chi connectivity index (χ3v) is 9.27. The summed E-state index contributed by atoms with van der Waals surface area (Å²) in [5.41, 5.74) is 0.976. The minimum Gasteiger partial charge on any atom is -0.351 e. The zero-order valence-electron chi connectivity index (χ0n) is 14.4. The first kappa shape index (κ1) is 17.9. The number of nitrogens with one attached hydrogen (secondary N) is 1. The summed E-state index contributed by atoms with van der Waals surface area (Å²) < 4.78 is 23.6. The highest BCUT2D eigenvalue weighted by Crippen LogP contribution is 2.57. The molecule has 4 rings (SSSR count). The molecule has 0 atom stereocenters. The normalized spacial score (nSPS) is 29.6. The Morgan fingerprint density at radius 2 is 1.88 bits per heavy atom. The molecule has 0 spiro atoms. The van der Waals surface area contributed by atoms with E-state index in [0.717, 1.165) is 17.8 Å². The van der Waals surface area contributed by atoms with Gasteiger partial charge in [-0.25, -0.2) is 13.4 Å². The van der Waals surface area contributed by atoms with E-state index in [1.807, 2.05) is 0 Å². The van der Waals surface area contributed by atoms with E-state index < -0.39 is 9.84 Å². The van der Waals surface area contributed by atoms with E-state index in [2.05, 4.69) is 17.2 Å². The third kappa shape index (κ3) is 3.52. The smallest absolute Gasteiger partial charge is 0.263 e. The predicted molar refractivity (Wildman–Crippen MR) is 95.0 cm³/mol. The molecule has 3 saturated carbocycles. The van der Waals surface area contributed by atoms with Crippen LogP contribution in [0.15, 0.2) is 10.5 Å². The highest BCUT2D eigenvalue weighted by Gasteiger charge is 2.45. The fourth-order valence-electron chi connectivity index (χ4n) is 3.98. The number of rotatable bonds is 6. The van der Waals surface area contributed by atoms with Crippen molar-refractivity contribution in [1.29, 1.82) is 0 Å². The summed E-state index contributed by atoms with van der Waals surface area (Å²) in [7, 11) is -3.34. The molecular formula is C17H26N2O3S2. The minimum absolute atomic E-state index is 0.00299. The Kier molecular flexibility index (Phi) is 4.77. The number of nitrogens with zero attached hydrogens (tertiary/aromatic N) is 1. The van der Waals surface area contributed by atoms with Gasteiger partial charge in [0.25, 0.3) is 5.91 Å². The molecule has 1 heterocycles. The number of carbonyl (C=O) groups is 1. The molecule has 1 aromatic rings. The second-order valence-corrected chi connectivity index (χ2v) is 11.2. The van der Waals surface area contributed by atoms with Crippen LogP contribution in [-0.2, 0) is 9.84 Å². The average Bonchev–Trinajstić information content (AvgIpc) is 3.07. The molecule has 5 nitrogen and oxygen atoms in total. The second kappa shape index (κ2) is 6.41. The Morgan fingerprint density at radius 1 is 1.25 bits per heavy atom. The zero-order valence-corrected chi connectivity index (χ0v) is 16.1. The summed E-state index contributed by atoms with van der Waals surface area (Å²) in [5.74, 6) is -0.207. The van der Waals surface area contributed by atoms with E-state index in [4.69, 9.17) is 0 Å². The van der Waals surface area contributed by atoms with Crippen LogP contribution in [0.5, 0.6) is 0 Å². The van der Waals surface area contributed by atoms with Crippen molar-refractivity contribution in [2.75, 3.05) is 12.3 Å². The van der Waals surface area contributed by atoms with E-state index >= 15 is 0 Å². The molecule has 0 saturated heterocycles. The van der Waals surface area contributed by atoms with E-state index in [1.165, 1.54) is 44.7 Å². The van der Waals surface area contributed by atoms with Gasteiger partial charge in [-0.2, -0.15) is 0 Å². The van der Waals surface area contributed by atoms with Crippen molar-refractivity contribution in [1.82, 2.24) is 10.3 Å². The summed E-state index contributed by atoms with van der Waals surface area (Å²) in [6, 6.07) is 0. The van der Waals surface area contributed by atoms with Crippen molar-refractivity contribution in [3.8, 4) is 0 Å². The summed E-state index contributed by atoms with van der Waals surface area (Å²) in [5, 5.41) is 2.95. The zero-order chi connectivity index (χ0) is 17.4. The van der Waals surface area contributed by atoms with Gasteiger partial charge in [0.2, 0.25) is 14.2 Å². The van der Waals surface area contributed by atoms with E-state index in [0.29, 0.717) is 22.3 Å². The van der Waals surface area contributed by atoms with Crippen molar-refractivity contribution in [2.24, 2.45) is 10.8 Å². The van der Waals surface area contributed by atoms with Crippen LogP contribution >= 0.6 is 11.3 Å². The summed E-state index contributed by atoms with van der Waals surface area (Å²) in [4.78, 5) is 16.5. The van der Waals surface area contributed by atoms with Gasteiger partial charge in [-0.15, -0.1) is 0 Å². The van der Waals surface area contributed by atoms with Crippen LogP contribution in [0.25, 0.3) is 0 Å². The molecule has 0 radical (unpaired) electrons. The standard InChI is InChI=1S/C17H26N2O3S2/c1-3-24(21,22)15-19-12-13(23-15)14(20)18-11-10-17-7-4-16(2,5-8-17)6-9-17/h12H,3-11H2,1-2H3,(H,18,20). The van der Waals surface area contributed by atoms with Gasteiger partial charge in [-0.3, -0.25) is 4.79 Å². The number of hydrogen-bond donors (Lipinski definition) is 1. The SMILES string of the molecule is CCS(=O)(=O)c1ncc(C(=O)NCCC23CCC(C)(CC2)CC3)s1. The molecule has 0 aromatic carbocycles. The van der Waals surface area contributed by atoms with Crippen molar-refractivity contribution < 1.29 is 13.2 Å². The fourth-order valence-corrected chi connectivity index (χ4v) is 6.14. The Morgan fingerprint density at radius 3 is 2.46 bits per heavy atom. The molecule has 1 N–H and O–H groups in total. The van der Waals surface area contributed by atoms with Crippen LogP contribution in [0.3, 0.4) is 0 Å². The van der Waals surface area contributed by atoms with Crippen molar-refractivity contribution in [3.05, 3.63) is 11.1 Å². The van der Waals surface area contributed by atoms with Gasteiger partial charge < -0.3 is 5.32 Å². The van der Waals surface area contributed by atoms with Gasteiger partial charge in [-0.05, 0) is 55.8 Å². The molecule has 3 fully saturated rings. The average molecular weight is 371 g/mol. The fraction of sp³-hybridized carbons (Fsp3) is 0.765. The Labute approximate surface area is 148 Å². The molecule has 3 aliphatic carbocycles. The lowest BCUT2D eigenvalue weighted by molar-refractivity contribution is -0.00200. The first-order chi connectivity index (χ1) is 11.3. The maximum atomic E-state index is 12.2. The van der Waals surface area contributed by atoms with E-state index in [-0.39, 0.29) is 16.0 Å². The van der Waals surface area contributed by atoms with Gasteiger partial charge in [0, 0.05) is 6.54 Å². The maximum Gasteiger partial charge on any atom is 0.263 e. The summed E-state index contributed by atoms with van der Waals surface area (Å²) in [6.45, 7) is 4.64. The van der Waals surface area contributed by atoms with Crippen molar-refractivity contribution in [2.45, 2.75) is 63.1 Å². The second-order valence-electron chi connectivity index (χ2n) is 7.71. The molecule has 7 heteroatoms. The first-order valence-electron chi connectivity index (χ1n) is 8.74. The highest BCUT2D eigenvalue weighted by molar-refractivity contribution is 7.93. The van der Waals surface area contributed by atoms with Crippen LogP contribution in [0.4, 0.5) is 0 Å². The molecule has 3 aliphatic rings. The number of carbonyl (C=O) groups excluding carboxylic acids is 1. The lowest BCUT2D eigenvalue weighted by Crippen LogP contribution is -2.41. The maximum absolute atomic E-state index is 12.2. The van der Waals surface area contributed by atoms with Gasteiger partial charge in [-0.1, -0.05) is 25.2 Å². The number of hydrogen-bond acceptors (Lipinski definition) is 5. The molecule has 1 aromatic heterocycles. The van der Waals surface area contributed by atoms with Gasteiger partial charge >= 0.3 is 0 Å². The number of thiazole rings is 1. The Bertz CT molecular complexity index is 699. The van der Waals surface area contributed by atoms with Crippen LogP contribution in [-0.4, -0.2) is 31.6 Å². The quantitative estimate of drug-likeness (QED) is 0.832. The summed E-state index contributed by atoms with van der Waals surface area (Å²) in [6.07, 6.45) is 10.2. The lowest BCUT2D eigenvalue weighted by atomic mass is 9.53. The molecule has 2 bridgehead atoms. The molecule has 134 valence electrons. The van der Waals surface area contributed by atoms with Crippen molar-refractivity contribution >= 4 is 27.1 Å². The number of amides is 1. The van der Waals surface area contributed by atoms with Crippen LogP contribution in [0, 0.1) is 10.8 Å². The van der Waals surface area contributed by atoms with Crippen molar-refractivity contribution in [3.63, 3.8) is 0 Å². The summed E-state index contributed by atoms with van der Waals surface area (Å²) >= 11 is 0.960. The highest BCUT2D eigenvalue weighted by atomic mass is 32.2. The number of sulfone groups is 1. The largest absolute Gasteiger partial charge is 0.351 e. The predicted octanol–water partition coefficient (Wildman–Crippen LogP) is 3.42. The Balaban J connectivity index is 1.53. The molecular weight excluding hydrogens is 344 g/mol. The molecule has 1 amide bonds. The van der Waals surface area contributed by atoms with Gasteiger partial charge in [0.15, 0.2) is 0 Å².